The van der Waals surface area contributed by atoms with Crippen LogP contribution in [0.15, 0.2) is 24.3 Å². The van der Waals surface area contributed by atoms with Crippen LogP contribution in [0, 0.1) is 12.8 Å². The molecule has 0 saturated carbocycles. The monoisotopic (exact) mass is 271 g/mol. The molecule has 1 aromatic carbocycles. The second-order valence-corrected chi connectivity index (χ2v) is 5.24. The van der Waals surface area contributed by atoms with Crippen molar-refractivity contribution in [3.8, 4) is 0 Å². The largest absolute Gasteiger partial charge is 0.390 e. The molecule has 1 heterocycles. The fraction of sp³-hybridized carbons (Fsp3) is 0.571. The van der Waals surface area contributed by atoms with E-state index in [1.807, 2.05) is 31.2 Å². The minimum Gasteiger partial charge on any atom is -0.390 e. The van der Waals surface area contributed by atoms with Gasteiger partial charge < -0.3 is 10.2 Å². The van der Waals surface area contributed by atoms with Crippen molar-refractivity contribution in [3.63, 3.8) is 0 Å². The van der Waals surface area contributed by atoms with Crippen molar-refractivity contribution in [1.29, 1.82) is 0 Å². The van der Waals surface area contributed by atoms with Crippen LogP contribution in [0.2, 0.25) is 0 Å². The van der Waals surface area contributed by atoms with E-state index in [1.165, 1.54) is 0 Å². The lowest BCUT2D eigenvalue weighted by Crippen LogP contribution is -2.54. The van der Waals surface area contributed by atoms with Crippen molar-refractivity contribution in [3.05, 3.63) is 35.4 Å². The summed E-state index contributed by atoms with van der Waals surface area (Å²) in [5, 5.41) is 19.2. The van der Waals surface area contributed by atoms with Crippen LogP contribution in [0.1, 0.15) is 11.1 Å². The standard InChI is InChI=1S/C14H19F2NO2/c1-9-2-4-10(5-3-9)6-17-7-11(14(15)16)13(19)12(18)8-17/h2-5,11-14,18-19H,6-8H2,1H3/t11?,12-,13-/m1/s1. The zero-order valence-corrected chi connectivity index (χ0v) is 10.8. The van der Waals surface area contributed by atoms with Crippen molar-refractivity contribution in [2.24, 2.45) is 5.92 Å². The minimum absolute atomic E-state index is 0.101. The van der Waals surface area contributed by atoms with E-state index in [0.717, 1.165) is 11.1 Å². The van der Waals surface area contributed by atoms with E-state index in [9.17, 15) is 19.0 Å². The maximum absolute atomic E-state index is 12.8. The van der Waals surface area contributed by atoms with Crippen LogP contribution in [-0.2, 0) is 6.54 Å². The van der Waals surface area contributed by atoms with E-state index < -0.39 is 24.6 Å². The Hall–Kier alpha value is -1.04. The van der Waals surface area contributed by atoms with E-state index in [1.54, 1.807) is 4.90 Å². The lowest BCUT2D eigenvalue weighted by atomic mass is 9.92. The van der Waals surface area contributed by atoms with Gasteiger partial charge in [0, 0.05) is 19.6 Å². The molecule has 1 aromatic rings. The Morgan fingerprint density at radius 1 is 1.21 bits per heavy atom. The van der Waals surface area contributed by atoms with Gasteiger partial charge in [-0.05, 0) is 12.5 Å². The van der Waals surface area contributed by atoms with Crippen molar-refractivity contribution < 1.29 is 19.0 Å². The summed E-state index contributed by atoms with van der Waals surface area (Å²) in [5.74, 6) is -1.19. The van der Waals surface area contributed by atoms with Crippen LogP contribution in [0.3, 0.4) is 0 Å². The molecular weight excluding hydrogens is 252 g/mol. The predicted molar refractivity (Wildman–Crippen MR) is 68.0 cm³/mol. The number of benzene rings is 1. The topological polar surface area (TPSA) is 43.7 Å². The molecule has 1 unspecified atom stereocenters. The van der Waals surface area contributed by atoms with Gasteiger partial charge in [-0.25, -0.2) is 8.78 Å². The normalized spacial score (nSPS) is 28.8. The number of aryl methyl sites for hydroxylation is 1. The summed E-state index contributed by atoms with van der Waals surface area (Å²) in [4.78, 5) is 1.76. The number of β-amino-alcohol motifs (C(OH)–C–C–N with tert-alkyl or cyclic N) is 1. The van der Waals surface area contributed by atoms with Crippen LogP contribution in [-0.4, -0.2) is 46.8 Å². The van der Waals surface area contributed by atoms with Gasteiger partial charge in [-0.1, -0.05) is 29.8 Å². The summed E-state index contributed by atoms with van der Waals surface area (Å²) >= 11 is 0. The van der Waals surface area contributed by atoms with Gasteiger partial charge in [-0.2, -0.15) is 0 Å². The molecular formula is C14H19F2NO2. The molecule has 2 N–H and O–H groups in total. The molecule has 106 valence electrons. The molecule has 0 spiro atoms. The molecule has 3 nitrogen and oxygen atoms in total. The number of alkyl halides is 2. The second kappa shape index (κ2) is 5.94. The molecule has 1 fully saturated rings. The SMILES string of the molecule is Cc1ccc(CN2CC(C(F)F)[C@@H](O)[C@H](O)C2)cc1. The average molecular weight is 271 g/mol. The molecule has 19 heavy (non-hydrogen) atoms. The van der Waals surface area contributed by atoms with Crippen LogP contribution < -0.4 is 0 Å². The molecule has 0 amide bonds. The molecule has 0 radical (unpaired) electrons. The molecule has 0 aromatic heterocycles. The van der Waals surface area contributed by atoms with Gasteiger partial charge in [0.05, 0.1) is 18.1 Å². The number of hydrogen-bond acceptors (Lipinski definition) is 3. The van der Waals surface area contributed by atoms with Crippen LogP contribution in [0.25, 0.3) is 0 Å². The third kappa shape index (κ3) is 3.49. The van der Waals surface area contributed by atoms with E-state index in [2.05, 4.69) is 0 Å². The summed E-state index contributed by atoms with van der Waals surface area (Å²) in [5.41, 5.74) is 2.16. The number of piperidine rings is 1. The minimum atomic E-state index is -2.62. The predicted octanol–water partition coefficient (Wildman–Crippen LogP) is 1.41. The lowest BCUT2D eigenvalue weighted by Gasteiger charge is -2.38. The van der Waals surface area contributed by atoms with Crippen molar-refractivity contribution >= 4 is 0 Å². The summed E-state index contributed by atoms with van der Waals surface area (Å²) < 4.78 is 25.6. The first-order valence-electron chi connectivity index (χ1n) is 6.39. The number of rotatable bonds is 3. The van der Waals surface area contributed by atoms with Crippen molar-refractivity contribution in [2.75, 3.05) is 13.1 Å². The Balaban J connectivity index is 2.02. The lowest BCUT2D eigenvalue weighted by molar-refractivity contribution is -0.118. The van der Waals surface area contributed by atoms with E-state index in [-0.39, 0.29) is 13.1 Å². The Kier molecular flexibility index (Phi) is 4.50. The maximum atomic E-state index is 12.8. The molecule has 0 bridgehead atoms. The smallest absolute Gasteiger partial charge is 0.245 e. The Morgan fingerprint density at radius 2 is 1.84 bits per heavy atom. The first kappa shape index (κ1) is 14.4. The number of nitrogens with zero attached hydrogens (tertiary/aromatic N) is 1. The van der Waals surface area contributed by atoms with E-state index in [4.69, 9.17) is 0 Å². The summed E-state index contributed by atoms with van der Waals surface area (Å²) in [7, 11) is 0. The molecule has 2 rings (SSSR count). The molecule has 1 saturated heterocycles. The van der Waals surface area contributed by atoms with Gasteiger partial charge in [0.2, 0.25) is 6.43 Å². The number of halogens is 2. The van der Waals surface area contributed by atoms with E-state index in [0.29, 0.717) is 6.54 Å². The Bertz CT molecular complexity index is 410. The number of aliphatic hydroxyl groups is 2. The molecule has 3 atom stereocenters. The Labute approximate surface area is 111 Å². The van der Waals surface area contributed by atoms with Gasteiger partial charge >= 0.3 is 0 Å². The molecule has 1 aliphatic heterocycles. The third-order valence-corrected chi connectivity index (χ3v) is 3.60. The van der Waals surface area contributed by atoms with Crippen molar-refractivity contribution in [2.45, 2.75) is 32.1 Å². The fourth-order valence-corrected chi connectivity index (χ4v) is 2.45. The number of aliphatic hydroxyl groups excluding tert-OH is 2. The van der Waals surface area contributed by atoms with Crippen LogP contribution >= 0.6 is 0 Å². The van der Waals surface area contributed by atoms with Gasteiger partial charge in [-0.15, -0.1) is 0 Å². The van der Waals surface area contributed by atoms with Crippen LogP contribution in [0.5, 0.6) is 0 Å². The average Bonchev–Trinajstić information content (AvgIpc) is 2.36. The summed E-state index contributed by atoms with van der Waals surface area (Å²) in [6.07, 6.45) is -5.07. The zero-order chi connectivity index (χ0) is 14.0. The molecule has 5 heteroatoms. The van der Waals surface area contributed by atoms with Gasteiger partial charge in [-0.3, -0.25) is 4.90 Å². The first-order chi connectivity index (χ1) is 8.97. The highest BCUT2D eigenvalue weighted by Gasteiger charge is 2.39. The van der Waals surface area contributed by atoms with Crippen molar-refractivity contribution in [1.82, 2.24) is 4.90 Å². The molecule has 0 aliphatic carbocycles. The first-order valence-corrected chi connectivity index (χ1v) is 6.39. The van der Waals surface area contributed by atoms with Gasteiger partial charge in [0.1, 0.15) is 0 Å². The van der Waals surface area contributed by atoms with Crippen LogP contribution in [0.4, 0.5) is 8.78 Å². The summed E-state index contributed by atoms with van der Waals surface area (Å²) in [6.45, 7) is 2.81. The zero-order valence-electron chi connectivity index (χ0n) is 10.8. The third-order valence-electron chi connectivity index (χ3n) is 3.60. The highest BCUT2D eigenvalue weighted by Crippen LogP contribution is 2.24. The highest BCUT2D eigenvalue weighted by molar-refractivity contribution is 5.21. The Morgan fingerprint density at radius 3 is 2.42 bits per heavy atom. The quantitative estimate of drug-likeness (QED) is 0.873. The van der Waals surface area contributed by atoms with Gasteiger partial charge in [0.15, 0.2) is 0 Å². The fourth-order valence-electron chi connectivity index (χ4n) is 2.45. The maximum Gasteiger partial charge on any atom is 0.245 e. The number of hydrogen-bond donors (Lipinski definition) is 2. The number of likely N-dealkylation sites (tertiary alicyclic amines) is 1. The summed E-state index contributed by atoms with van der Waals surface area (Å²) in [6, 6.07) is 7.83. The van der Waals surface area contributed by atoms with Gasteiger partial charge in [0.25, 0.3) is 0 Å². The second-order valence-electron chi connectivity index (χ2n) is 5.24. The molecule has 1 aliphatic rings. The van der Waals surface area contributed by atoms with E-state index >= 15 is 0 Å². The highest BCUT2D eigenvalue weighted by atomic mass is 19.3.